The summed E-state index contributed by atoms with van der Waals surface area (Å²) in [4.78, 5) is 11.0. The minimum Gasteiger partial charge on any atom is -0.434 e. The highest BCUT2D eigenvalue weighted by Gasteiger charge is 2.40. The van der Waals surface area contributed by atoms with Crippen LogP contribution in [0.3, 0.4) is 0 Å². The summed E-state index contributed by atoms with van der Waals surface area (Å²) >= 11 is 0. The van der Waals surface area contributed by atoms with Crippen LogP contribution in [0, 0.1) is 0 Å². The van der Waals surface area contributed by atoms with Crippen LogP contribution in [0.2, 0.25) is 6.04 Å². The monoisotopic (exact) mass is 248 g/mol. The molecule has 0 unspecified atom stereocenters. The van der Waals surface area contributed by atoms with Gasteiger partial charge in [0, 0.05) is 26.3 Å². The van der Waals surface area contributed by atoms with E-state index in [1.54, 1.807) is 6.92 Å². The maximum atomic E-state index is 11.0. The second kappa shape index (κ2) is 7.56. The van der Waals surface area contributed by atoms with Gasteiger partial charge >= 0.3 is 14.8 Å². The quantitative estimate of drug-likeness (QED) is 0.283. The number of carbonyl (C=O) groups excluding carboxylic acids is 1. The molecule has 1 atom stereocenters. The molecule has 0 saturated heterocycles. The van der Waals surface area contributed by atoms with Crippen LogP contribution in [-0.2, 0) is 22.8 Å². The Morgan fingerprint density at radius 1 is 1.44 bits per heavy atom. The van der Waals surface area contributed by atoms with Crippen molar-refractivity contribution in [3.05, 3.63) is 12.7 Å². The fourth-order valence-corrected chi connectivity index (χ4v) is 3.29. The molecule has 0 aromatic heterocycles. The van der Waals surface area contributed by atoms with E-state index in [2.05, 4.69) is 6.58 Å². The largest absolute Gasteiger partial charge is 0.503 e. The van der Waals surface area contributed by atoms with Gasteiger partial charge in [0.15, 0.2) is 6.29 Å². The first kappa shape index (κ1) is 15.3. The van der Waals surface area contributed by atoms with E-state index in [-0.39, 0.29) is 0 Å². The molecule has 0 saturated carbocycles. The van der Waals surface area contributed by atoms with Crippen molar-refractivity contribution in [2.75, 3.05) is 14.2 Å². The predicted octanol–water partition coefficient (Wildman–Crippen LogP) is 1.72. The SMILES string of the molecule is C=CC(=O)O[C@@H](C)O[Si](CCC)(OC)OC. The highest BCUT2D eigenvalue weighted by atomic mass is 28.4. The van der Waals surface area contributed by atoms with E-state index in [4.69, 9.17) is 18.0 Å². The Kier molecular flexibility index (Phi) is 7.23. The number of ether oxygens (including phenoxy) is 1. The summed E-state index contributed by atoms with van der Waals surface area (Å²) in [5.41, 5.74) is 0. The second-order valence-electron chi connectivity index (χ2n) is 3.17. The van der Waals surface area contributed by atoms with Crippen molar-refractivity contribution in [1.29, 1.82) is 0 Å². The fraction of sp³-hybridized carbons (Fsp3) is 0.700. The third-order valence-corrected chi connectivity index (χ3v) is 5.02. The van der Waals surface area contributed by atoms with Gasteiger partial charge in [-0.1, -0.05) is 19.9 Å². The van der Waals surface area contributed by atoms with Gasteiger partial charge in [-0.2, -0.15) is 0 Å². The number of rotatable bonds is 8. The lowest BCUT2D eigenvalue weighted by Gasteiger charge is -2.28. The van der Waals surface area contributed by atoms with E-state index in [0.717, 1.165) is 12.5 Å². The zero-order valence-electron chi connectivity index (χ0n) is 10.3. The molecule has 0 bridgehead atoms. The average Bonchev–Trinajstić information content (AvgIpc) is 2.28. The van der Waals surface area contributed by atoms with Crippen molar-refractivity contribution in [1.82, 2.24) is 0 Å². The topological polar surface area (TPSA) is 54.0 Å². The first-order valence-electron chi connectivity index (χ1n) is 5.14. The van der Waals surface area contributed by atoms with Crippen molar-refractivity contribution in [3.8, 4) is 0 Å². The summed E-state index contributed by atoms with van der Waals surface area (Å²) in [5, 5.41) is 0. The maximum Gasteiger partial charge on any atom is 0.503 e. The Hall–Kier alpha value is -0.693. The summed E-state index contributed by atoms with van der Waals surface area (Å²) in [5.74, 6) is -0.529. The fourth-order valence-electron chi connectivity index (χ4n) is 1.24. The van der Waals surface area contributed by atoms with E-state index in [0.29, 0.717) is 6.04 Å². The maximum absolute atomic E-state index is 11.0. The zero-order chi connectivity index (χ0) is 12.6. The van der Waals surface area contributed by atoms with Gasteiger partial charge in [-0.3, -0.25) is 0 Å². The van der Waals surface area contributed by atoms with Crippen molar-refractivity contribution >= 4 is 14.8 Å². The third kappa shape index (κ3) is 4.89. The lowest BCUT2D eigenvalue weighted by molar-refractivity contribution is -0.160. The van der Waals surface area contributed by atoms with Crippen LogP contribution in [0.25, 0.3) is 0 Å². The normalized spacial score (nSPS) is 13.2. The van der Waals surface area contributed by atoms with Gasteiger partial charge in [-0.25, -0.2) is 4.79 Å². The molecule has 0 aliphatic heterocycles. The summed E-state index contributed by atoms with van der Waals surface area (Å²) < 4.78 is 21.0. The minimum atomic E-state index is -2.70. The Labute approximate surface area is 97.7 Å². The molecule has 0 aromatic carbocycles. The van der Waals surface area contributed by atoms with Crippen molar-refractivity contribution < 1.29 is 22.8 Å². The Morgan fingerprint density at radius 3 is 2.38 bits per heavy atom. The van der Waals surface area contributed by atoms with E-state index in [1.807, 2.05) is 6.92 Å². The highest BCUT2D eigenvalue weighted by molar-refractivity contribution is 6.60. The summed E-state index contributed by atoms with van der Waals surface area (Å²) in [6.45, 7) is 6.93. The molecule has 0 N–H and O–H groups in total. The molecule has 0 spiro atoms. The predicted molar refractivity (Wildman–Crippen MR) is 61.7 cm³/mol. The molecule has 0 radical (unpaired) electrons. The van der Waals surface area contributed by atoms with E-state index in [1.165, 1.54) is 14.2 Å². The van der Waals surface area contributed by atoms with Gasteiger partial charge in [-0.05, 0) is 6.92 Å². The number of hydrogen-bond acceptors (Lipinski definition) is 5. The van der Waals surface area contributed by atoms with Crippen molar-refractivity contribution in [3.63, 3.8) is 0 Å². The Morgan fingerprint density at radius 2 is 2.00 bits per heavy atom. The summed E-state index contributed by atoms with van der Waals surface area (Å²) in [7, 11) is 0.373. The molecule has 0 amide bonds. The van der Waals surface area contributed by atoms with E-state index >= 15 is 0 Å². The molecule has 0 aromatic rings. The molecule has 16 heavy (non-hydrogen) atoms. The Bertz CT molecular complexity index is 227. The van der Waals surface area contributed by atoms with Gasteiger partial charge in [-0.15, -0.1) is 0 Å². The first-order valence-corrected chi connectivity index (χ1v) is 7.08. The molecule has 0 aliphatic rings. The number of esters is 1. The molecule has 0 fully saturated rings. The number of carbonyl (C=O) groups is 1. The van der Waals surface area contributed by atoms with Crippen LogP contribution in [0.4, 0.5) is 0 Å². The molecular weight excluding hydrogens is 228 g/mol. The molecule has 0 heterocycles. The van der Waals surface area contributed by atoms with E-state index in [9.17, 15) is 4.79 Å². The molecule has 6 heteroatoms. The van der Waals surface area contributed by atoms with Gasteiger partial charge in [0.05, 0.1) is 0 Å². The van der Waals surface area contributed by atoms with Crippen LogP contribution < -0.4 is 0 Å². The van der Waals surface area contributed by atoms with Gasteiger partial charge in [0.25, 0.3) is 0 Å². The first-order chi connectivity index (χ1) is 7.53. The standard InChI is InChI=1S/C10H20O5Si/c1-6-8-16(12-4,13-5)15-9(3)14-10(11)7-2/h7,9H,2,6,8H2,1,3-5H3/t9-/m1/s1. The molecule has 5 nitrogen and oxygen atoms in total. The molecule has 0 rings (SSSR count). The van der Waals surface area contributed by atoms with Crippen LogP contribution in [0.1, 0.15) is 20.3 Å². The van der Waals surface area contributed by atoms with Crippen molar-refractivity contribution in [2.24, 2.45) is 0 Å². The van der Waals surface area contributed by atoms with Crippen molar-refractivity contribution in [2.45, 2.75) is 32.6 Å². The van der Waals surface area contributed by atoms with E-state index < -0.39 is 21.1 Å². The molecular formula is C10H20O5Si. The average molecular weight is 248 g/mol. The smallest absolute Gasteiger partial charge is 0.434 e. The molecule has 94 valence electrons. The highest BCUT2D eigenvalue weighted by Crippen LogP contribution is 2.18. The molecule has 0 aliphatic carbocycles. The minimum absolute atomic E-state index is 0.529. The third-order valence-electron chi connectivity index (χ3n) is 1.97. The summed E-state index contributed by atoms with van der Waals surface area (Å²) in [6, 6.07) is 0.677. The number of hydrogen-bond donors (Lipinski definition) is 0. The van der Waals surface area contributed by atoms with Gasteiger partial charge < -0.3 is 18.0 Å². The lowest BCUT2D eigenvalue weighted by atomic mass is 10.6. The lowest BCUT2D eigenvalue weighted by Crippen LogP contribution is -2.46. The van der Waals surface area contributed by atoms with Gasteiger partial charge in [0.1, 0.15) is 0 Å². The zero-order valence-corrected chi connectivity index (χ0v) is 11.3. The Balaban J connectivity index is 4.37. The van der Waals surface area contributed by atoms with Crippen LogP contribution >= 0.6 is 0 Å². The summed E-state index contributed by atoms with van der Waals surface area (Å²) in [6.07, 6.45) is 1.25. The second-order valence-corrected chi connectivity index (χ2v) is 6.09. The van der Waals surface area contributed by atoms with Gasteiger partial charge in [0.2, 0.25) is 0 Å². The van der Waals surface area contributed by atoms with Crippen LogP contribution in [-0.4, -0.2) is 35.3 Å². The van der Waals surface area contributed by atoms with Crippen LogP contribution in [0.5, 0.6) is 0 Å². The van der Waals surface area contributed by atoms with Crippen LogP contribution in [0.15, 0.2) is 12.7 Å².